The fourth-order valence-corrected chi connectivity index (χ4v) is 3.96. The van der Waals surface area contributed by atoms with Crippen molar-refractivity contribution >= 4 is 0 Å². The van der Waals surface area contributed by atoms with Crippen LogP contribution < -0.4 is 14.8 Å². The molecule has 0 bridgehead atoms. The normalized spacial score (nSPS) is 29.0. The molecule has 122 valence electrons. The maximum Gasteiger partial charge on any atom is 0.127 e. The van der Waals surface area contributed by atoms with Gasteiger partial charge in [-0.1, -0.05) is 13.0 Å². The van der Waals surface area contributed by atoms with Crippen LogP contribution in [0.3, 0.4) is 0 Å². The molecule has 1 aromatic carbocycles. The number of methoxy groups -OCH3 is 2. The minimum atomic E-state index is 0.405. The van der Waals surface area contributed by atoms with Gasteiger partial charge in [0.15, 0.2) is 0 Å². The van der Waals surface area contributed by atoms with E-state index in [4.69, 9.17) is 9.47 Å². The molecule has 2 atom stereocenters. The number of nitrogens with one attached hydrogen (secondary N) is 1. The second-order valence-electron chi connectivity index (χ2n) is 6.97. The van der Waals surface area contributed by atoms with E-state index in [1.54, 1.807) is 14.2 Å². The van der Waals surface area contributed by atoms with Crippen molar-refractivity contribution in [1.82, 2.24) is 10.2 Å². The Labute approximate surface area is 133 Å². The summed E-state index contributed by atoms with van der Waals surface area (Å²) in [6.45, 7) is 7.06. The molecule has 2 aliphatic rings. The molecule has 0 aromatic heterocycles. The first-order valence-electron chi connectivity index (χ1n) is 8.32. The molecule has 22 heavy (non-hydrogen) atoms. The highest BCUT2D eigenvalue weighted by Gasteiger charge is 2.36. The second kappa shape index (κ2) is 6.47. The van der Waals surface area contributed by atoms with Gasteiger partial charge in [0.1, 0.15) is 11.5 Å². The van der Waals surface area contributed by atoms with E-state index in [9.17, 15) is 0 Å². The minimum absolute atomic E-state index is 0.405. The minimum Gasteiger partial charge on any atom is -0.497 e. The van der Waals surface area contributed by atoms with Gasteiger partial charge < -0.3 is 14.8 Å². The molecule has 4 heteroatoms. The zero-order valence-electron chi connectivity index (χ0n) is 14.0. The first-order valence-corrected chi connectivity index (χ1v) is 8.32. The molecule has 2 saturated heterocycles. The molecule has 2 unspecified atom stereocenters. The van der Waals surface area contributed by atoms with Gasteiger partial charge in [-0.05, 0) is 43.8 Å². The van der Waals surface area contributed by atoms with Crippen LogP contribution in [-0.2, 0) is 0 Å². The van der Waals surface area contributed by atoms with E-state index in [0.717, 1.165) is 24.6 Å². The molecule has 4 nitrogen and oxygen atoms in total. The predicted octanol–water partition coefficient (Wildman–Crippen LogP) is 2.84. The summed E-state index contributed by atoms with van der Waals surface area (Å²) in [6.07, 6.45) is 3.76. The molecular weight excluding hydrogens is 276 g/mol. The number of rotatable bonds is 5. The molecule has 2 heterocycles. The Morgan fingerprint density at radius 2 is 2.18 bits per heavy atom. The number of hydrogen-bond acceptors (Lipinski definition) is 4. The Kier molecular flexibility index (Phi) is 4.59. The average molecular weight is 304 g/mol. The molecule has 0 radical (unpaired) electrons. The maximum atomic E-state index is 5.62. The fraction of sp³-hybridized carbons (Fsp3) is 0.667. The summed E-state index contributed by atoms with van der Waals surface area (Å²) in [5.74, 6) is 1.81. The van der Waals surface area contributed by atoms with Crippen molar-refractivity contribution in [2.45, 2.75) is 32.2 Å². The second-order valence-corrected chi connectivity index (χ2v) is 6.97. The largest absolute Gasteiger partial charge is 0.497 e. The lowest BCUT2D eigenvalue weighted by Gasteiger charge is -2.33. The Morgan fingerprint density at radius 3 is 2.86 bits per heavy atom. The third-order valence-corrected chi connectivity index (χ3v) is 5.21. The van der Waals surface area contributed by atoms with E-state index in [0.29, 0.717) is 11.5 Å². The number of benzene rings is 1. The molecule has 1 aromatic rings. The Balaban J connectivity index is 1.80. The van der Waals surface area contributed by atoms with Crippen molar-refractivity contribution in [3.8, 4) is 11.5 Å². The molecule has 0 saturated carbocycles. The summed E-state index contributed by atoms with van der Waals surface area (Å²) in [6, 6.07) is 6.70. The third kappa shape index (κ3) is 3.08. The zero-order valence-corrected chi connectivity index (χ0v) is 14.0. The third-order valence-electron chi connectivity index (χ3n) is 5.21. The number of ether oxygens (including phenoxy) is 2. The Hall–Kier alpha value is -1.26. The molecule has 2 aliphatic heterocycles. The molecule has 2 fully saturated rings. The fourth-order valence-electron chi connectivity index (χ4n) is 3.96. The van der Waals surface area contributed by atoms with Crippen LogP contribution >= 0.6 is 0 Å². The van der Waals surface area contributed by atoms with Gasteiger partial charge in [0.25, 0.3) is 0 Å². The quantitative estimate of drug-likeness (QED) is 0.907. The van der Waals surface area contributed by atoms with Crippen LogP contribution in [0.2, 0.25) is 0 Å². The van der Waals surface area contributed by atoms with Crippen LogP contribution in [0, 0.1) is 5.41 Å². The van der Waals surface area contributed by atoms with Gasteiger partial charge in [-0.15, -0.1) is 0 Å². The van der Waals surface area contributed by atoms with Crippen LogP contribution in [0.5, 0.6) is 11.5 Å². The SMILES string of the molecule is COc1ccc(C2CCCN2CC2(C)CCNC2)c(OC)c1. The van der Waals surface area contributed by atoms with Crippen molar-refractivity contribution in [2.75, 3.05) is 40.4 Å². The lowest BCUT2D eigenvalue weighted by Crippen LogP contribution is -2.37. The van der Waals surface area contributed by atoms with Crippen LogP contribution in [0.4, 0.5) is 0 Å². The van der Waals surface area contributed by atoms with Crippen LogP contribution in [-0.4, -0.2) is 45.3 Å². The Morgan fingerprint density at radius 1 is 1.32 bits per heavy atom. The molecule has 0 spiro atoms. The monoisotopic (exact) mass is 304 g/mol. The van der Waals surface area contributed by atoms with E-state index < -0.39 is 0 Å². The van der Waals surface area contributed by atoms with E-state index in [-0.39, 0.29) is 0 Å². The first kappa shape index (κ1) is 15.6. The van der Waals surface area contributed by atoms with Crippen molar-refractivity contribution in [3.05, 3.63) is 23.8 Å². The van der Waals surface area contributed by atoms with E-state index in [2.05, 4.69) is 23.2 Å². The van der Waals surface area contributed by atoms with Gasteiger partial charge in [-0.2, -0.15) is 0 Å². The molecule has 0 aliphatic carbocycles. The smallest absolute Gasteiger partial charge is 0.127 e. The summed E-state index contributed by atoms with van der Waals surface area (Å²) in [5.41, 5.74) is 1.71. The molecular formula is C18H28N2O2. The molecule has 1 N–H and O–H groups in total. The lowest BCUT2D eigenvalue weighted by atomic mass is 9.88. The van der Waals surface area contributed by atoms with Gasteiger partial charge >= 0.3 is 0 Å². The number of hydrogen-bond donors (Lipinski definition) is 1. The van der Waals surface area contributed by atoms with Crippen LogP contribution in [0.1, 0.15) is 37.8 Å². The molecule has 0 amide bonds. The van der Waals surface area contributed by atoms with Gasteiger partial charge in [0, 0.05) is 30.8 Å². The topological polar surface area (TPSA) is 33.7 Å². The van der Waals surface area contributed by atoms with E-state index >= 15 is 0 Å². The standard InChI is InChI=1S/C18H28N2O2/c1-18(8-9-19-12-18)13-20-10-4-5-16(20)15-7-6-14(21-2)11-17(15)22-3/h6-7,11,16,19H,4-5,8-10,12-13H2,1-3H3. The molecule has 3 rings (SSSR count). The highest BCUT2D eigenvalue weighted by molar-refractivity contribution is 5.42. The lowest BCUT2D eigenvalue weighted by molar-refractivity contribution is 0.163. The summed E-state index contributed by atoms with van der Waals surface area (Å²) in [7, 11) is 3.45. The van der Waals surface area contributed by atoms with Crippen molar-refractivity contribution in [1.29, 1.82) is 0 Å². The van der Waals surface area contributed by atoms with Crippen LogP contribution in [0.15, 0.2) is 18.2 Å². The van der Waals surface area contributed by atoms with Crippen molar-refractivity contribution < 1.29 is 9.47 Å². The summed E-state index contributed by atoms with van der Waals surface area (Å²) in [4.78, 5) is 2.65. The van der Waals surface area contributed by atoms with Crippen LogP contribution in [0.25, 0.3) is 0 Å². The van der Waals surface area contributed by atoms with Gasteiger partial charge in [0.2, 0.25) is 0 Å². The van der Waals surface area contributed by atoms with Crippen molar-refractivity contribution in [2.24, 2.45) is 5.41 Å². The van der Waals surface area contributed by atoms with Gasteiger partial charge in [0.05, 0.1) is 14.2 Å². The van der Waals surface area contributed by atoms with Gasteiger partial charge in [-0.25, -0.2) is 0 Å². The predicted molar refractivity (Wildman–Crippen MR) is 88.7 cm³/mol. The van der Waals surface area contributed by atoms with Gasteiger partial charge in [-0.3, -0.25) is 4.90 Å². The Bertz CT molecular complexity index is 512. The van der Waals surface area contributed by atoms with E-state index in [1.807, 2.05) is 12.1 Å². The maximum absolute atomic E-state index is 5.62. The highest BCUT2D eigenvalue weighted by atomic mass is 16.5. The number of nitrogens with zero attached hydrogens (tertiary/aromatic N) is 1. The average Bonchev–Trinajstić information content (AvgIpc) is 3.16. The number of likely N-dealkylation sites (tertiary alicyclic amines) is 1. The summed E-state index contributed by atoms with van der Waals surface area (Å²) >= 11 is 0. The highest BCUT2D eigenvalue weighted by Crippen LogP contribution is 2.40. The summed E-state index contributed by atoms with van der Waals surface area (Å²) in [5, 5.41) is 3.51. The summed E-state index contributed by atoms with van der Waals surface area (Å²) < 4.78 is 10.9. The van der Waals surface area contributed by atoms with Crippen molar-refractivity contribution in [3.63, 3.8) is 0 Å². The first-order chi connectivity index (χ1) is 10.6. The zero-order chi connectivity index (χ0) is 15.6. The van der Waals surface area contributed by atoms with E-state index in [1.165, 1.54) is 37.9 Å².